The van der Waals surface area contributed by atoms with Crippen molar-refractivity contribution >= 4 is 27.5 Å². The molecule has 98 valence electrons. The Morgan fingerprint density at radius 1 is 1.56 bits per heavy atom. The van der Waals surface area contributed by atoms with E-state index in [1.165, 1.54) is 0 Å². The zero-order chi connectivity index (χ0) is 13.0. The van der Waals surface area contributed by atoms with Crippen LogP contribution in [-0.2, 0) is 4.74 Å². The molecule has 1 aliphatic heterocycles. The molecule has 3 N–H and O–H groups in total. The summed E-state index contributed by atoms with van der Waals surface area (Å²) in [5.41, 5.74) is 6.91. The zero-order valence-electron chi connectivity index (χ0n) is 10.1. The fraction of sp³-hybridized carbons (Fsp3) is 0.462. The summed E-state index contributed by atoms with van der Waals surface area (Å²) in [4.78, 5) is 11.9. The number of carbonyl (C=O) groups is 1. The lowest BCUT2D eigenvalue weighted by atomic mass is 10.1. The molecule has 0 bridgehead atoms. The number of hydrogen-bond donors (Lipinski definition) is 2. The van der Waals surface area contributed by atoms with Gasteiger partial charge in [-0.2, -0.15) is 0 Å². The minimum absolute atomic E-state index is 0.0758. The molecule has 0 radical (unpaired) electrons. The number of anilines is 1. The quantitative estimate of drug-likeness (QED) is 0.838. The van der Waals surface area contributed by atoms with Gasteiger partial charge in [-0.15, -0.1) is 0 Å². The molecule has 0 spiro atoms. The number of nitrogens with one attached hydrogen (secondary N) is 1. The largest absolute Gasteiger partial charge is 0.398 e. The molecule has 1 unspecified atom stereocenters. The van der Waals surface area contributed by atoms with Crippen LogP contribution >= 0.6 is 15.9 Å². The Morgan fingerprint density at radius 3 is 3.06 bits per heavy atom. The number of nitrogens with two attached hydrogens (primary N) is 1. The summed E-state index contributed by atoms with van der Waals surface area (Å²) in [5.74, 6) is 0.508. The molecule has 1 heterocycles. The van der Waals surface area contributed by atoms with Crippen LogP contribution in [0.2, 0.25) is 0 Å². The molecule has 4 nitrogen and oxygen atoms in total. The fourth-order valence-electron chi connectivity index (χ4n) is 1.99. The van der Waals surface area contributed by atoms with Crippen LogP contribution in [0, 0.1) is 5.92 Å². The van der Waals surface area contributed by atoms with Crippen LogP contribution in [0.25, 0.3) is 0 Å². The highest BCUT2D eigenvalue weighted by atomic mass is 79.9. The summed E-state index contributed by atoms with van der Waals surface area (Å²) in [7, 11) is 0. The first-order valence-electron chi connectivity index (χ1n) is 6.08. The van der Waals surface area contributed by atoms with Crippen molar-refractivity contribution in [1.29, 1.82) is 0 Å². The van der Waals surface area contributed by atoms with Gasteiger partial charge in [0.25, 0.3) is 5.91 Å². The van der Waals surface area contributed by atoms with Gasteiger partial charge in [0, 0.05) is 35.5 Å². The van der Waals surface area contributed by atoms with E-state index in [1.807, 2.05) is 0 Å². The molecule has 1 amide bonds. The van der Waals surface area contributed by atoms with Gasteiger partial charge in [-0.3, -0.25) is 4.79 Å². The fourth-order valence-corrected chi connectivity index (χ4v) is 2.23. The third-order valence-corrected chi connectivity index (χ3v) is 3.84. The van der Waals surface area contributed by atoms with Crippen molar-refractivity contribution in [3.63, 3.8) is 0 Å². The molecule has 1 fully saturated rings. The minimum atomic E-state index is -0.0758. The maximum atomic E-state index is 11.9. The molecule has 18 heavy (non-hydrogen) atoms. The Labute approximate surface area is 115 Å². The predicted molar refractivity (Wildman–Crippen MR) is 74.4 cm³/mol. The Morgan fingerprint density at radius 2 is 2.39 bits per heavy atom. The van der Waals surface area contributed by atoms with Gasteiger partial charge in [-0.1, -0.05) is 0 Å². The van der Waals surface area contributed by atoms with Crippen molar-refractivity contribution in [3.05, 3.63) is 28.2 Å². The minimum Gasteiger partial charge on any atom is -0.398 e. The molecule has 1 aromatic rings. The van der Waals surface area contributed by atoms with Crippen LogP contribution in [-0.4, -0.2) is 25.7 Å². The van der Waals surface area contributed by atoms with Crippen LogP contribution in [0.15, 0.2) is 22.7 Å². The SMILES string of the molecule is Nc1cc(C(=O)NCCC2CCOC2)ccc1Br. The van der Waals surface area contributed by atoms with Gasteiger partial charge in [-0.05, 0) is 52.9 Å². The van der Waals surface area contributed by atoms with Gasteiger partial charge in [0.2, 0.25) is 0 Å². The average Bonchev–Trinajstić information content (AvgIpc) is 2.85. The van der Waals surface area contributed by atoms with E-state index in [4.69, 9.17) is 10.5 Å². The Kier molecular flexibility index (Phi) is 4.60. The van der Waals surface area contributed by atoms with Crippen molar-refractivity contribution in [2.45, 2.75) is 12.8 Å². The van der Waals surface area contributed by atoms with Crippen molar-refractivity contribution < 1.29 is 9.53 Å². The van der Waals surface area contributed by atoms with E-state index in [2.05, 4.69) is 21.2 Å². The number of nitrogen functional groups attached to an aromatic ring is 1. The summed E-state index contributed by atoms with van der Waals surface area (Å²) >= 11 is 3.31. The normalized spacial score (nSPS) is 18.8. The summed E-state index contributed by atoms with van der Waals surface area (Å²) < 4.78 is 6.10. The molecule has 0 aliphatic carbocycles. The van der Waals surface area contributed by atoms with E-state index < -0.39 is 0 Å². The van der Waals surface area contributed by atoms with E-state index in [1.54, 1.807) is 18.2 Å². The lowest BCUT2D eigenvalue weighted by Gasteiger charge is -2.09. The predicted octanol–water partition coefficient (Wildman–Crippen LogP) is 2.19. The van der Waals surface area contributed by atoms with Crippen molar-refractivity contribution in [2.24, 2.45) is 5.92 Å². The second-order valence-electron chi connectivity index (χ2n) is 4.51. The van der Waals surface area contributed by atoms with Gasteiger partial charge in [0.1, 0.15) is 0 Å². The Bertz CT molecular complexity index is 431. The highest BCUT2D eigenvalue weighted by Crippen LogP contribution is 2.20. The summed E-state index contributed by atoms with van der Waals surface area (Å²) in [6.07, 6.45) is 2.07. The number of carbonyl (C=O) groups excluding carboxylic acids is 1. The van der Waals surface area contributed by atoms with E-state index >= 15 is 0 Å². The van der Waals surface area contributed by atoms with Crippen molar-refractivity contribution in [2.75, 3.05) is 25.5 Å². The number of halogens is 1. The molecule has 2 rings (SSSR count). The molecular weight excluding hydrogens is 296 g/mol. The molecule has 1 aromatic carbocycles. The second-order valence-corrected chi connectivity index (χ2v) is 5.36. The molecule has 5 heteroatoms. The standard InChI is InChI=1S/C13H17BrN2O2/c14-11-2-1-10(7-12(11)15)13(17)16-5-3-9-4-6-18-8-9/h1-2,7,9H,3-6,8,15H2,(H,16,17). The highest BCUT2D eigenvalue weighted by Gasteiger charge is 2.15. The zero-order valence-corrected chi connectivity index (χ0v) is 11.7. The van der Waals surface area contributed by atoms with E-state index in [0.717, 1.165) is 30.5 Å². The monoisotopic (exact) mass is 312 g/mol. The lowest BCUT2D eigenvalue weighted by Crippen LogP contribution is -2.26. The molecular formula is C13H17BrN2O2. The second kappa shape index (κ2) is 6.20. The van der Waals surface area contributed by atoms with Crippen LogP contribution in [0.5, 0.6) is 0 Å². The summed E-state index contributed by atoms with van der Waals surface area (Å²) in [6, 6.07) is 5.22. The van der Waals surface area contributed by atoms with Gasteiger partial charge in [-0.25, -0.2) is 0 Å². The molecule has 1 saturated heterocycles. The number of ether oxygens (including phenoxy) is 1. The molecule has 1 atom stereocenters. The van der Waals surface area contributed by atoms with Crippen LogP contribution in [0.4, 0.5) is 5.69 Å². The van der Waals surface area contributed by atoms with Gasteiger partial charge in [0.15, 0.2) is 0 Å². The first kappa shape index (κ1) is 13.4. The van der Waals surface area contributed by atoms with Crippen LogP contribution < -0.4 is 11.1 Å². The number of hydrogen-bond acceptors (Lipinski definition) is 3. The third kappa shape index (κ3) is 3.46. The first-order chi connectivity index (χ1) is 8.66. The molecule has 0 saturated carbocycles. The van der Waals surface area contributed by atoms with Crippen LogP contribution in [0.1, 0.15) is 23.2 Å². The third-order valence-electron chi connectivity index (χ3n) is 3.12. The average molecular weight is 313 g/mol. The number of amides is 1. The number of benzene rings is 1. The maximum Gasteiger partial charge on any atom is 0.251 e. The Balaban J connectivity index is 1.81. The highest BCUT2D eigenvalue weighted by molar-refractivity contribution is 9.10. The van der Waals surface area contributed by atoms with Gasteiger partial charge < -0.3 is 15.8 Å². The molecule has 0 aromatic heterocycles. The van der Waals surface area contributed by atoms with Crippen molar-refractivity contribution in [3.8, 4) is 0 Å². The van der Waals surface area contributed by atoms with E-state index in [0.29, 0.717) is 23.7 Å². The van der Waals surface area contributed by atoms with E-state index in [9.17, 15) is 4.79 Å². The summed E-state index contributed by atoms with van der Waals surface area (Å²) in [6.45, 7) is 2.35. The smallest absolute Gasteiger partial charge is 0.251 e. The van der Waals surface area contributed by atoms with Gasteiger partial charge in [0.05, 0.1) is 0 Å². The Hall–Kier alpha value is -1.07. The first-order valence-corrected chi connectivity index (χ1v) is 6.87. The maximum absolute atomic E-state index is 11.9. The molecule has 1 aliphatic rings. The van der Waals surface area contributed by atoms with Crippen LogP contribution in [0.3, 0.4) is 0 Å². The topological polar surface area (TPSA) is 64.4 Å². The van der Waals surface area contributed by atoms with Crippen molar-refractivity contribution in [1.82, 2.24) is 5.32 Å². The van der Waals surface area contributed by atoms with Gasteiger partial charge >= 0.3 is 0 Å². The lowest BCUT2D eigenvalue weighted by molar-refractivity contribution is 0.0950. The van der Waals surface area contributed by atoms with E-state index in [-0.39, 0.29) is 5.91 Å². The number of rotatable bonds is 4. The summed E-state index contributed by atoms with van der Waals surface area (Å²) in [5, 5.41) is 2.91.